The van der Waals surface area contributed by atoms with Crippen LogP contribution < -0.4 is 4.98 Å². The summed E-state index contributed by atoms with van der Waals surface area (Å²) in [6.07, 6.45) is 7.18. The third kappa shape index (κ3) is 2.69. The molecule has 1 aliphatic rings. The summed E-state index contributed by atoms with van der Waals surface area (Å²) in [7, 11) is 1.41. The zero-order valence-electron chi connectivity index (χ0n) is 8.98. The van der Waals surface area contributed by atoms with Gasteiger partial charge in [-0.3, -0.25) is 0 Å². The first-order valence-corrected chi connectivity index (χ1v) is 6.11. The maximum Gasteiger partial charge on any atom is 0.632 e. The first kappa shape index (κ1) is 12.0. The minimum absolute atomic E-state index is 0.0165. The van der Waals surface area contributed by atoms with E-state index in [9.17, 15) is 5.11 Å². The van der Waals surface area contributed by atoms with Crippen LogP contribution >= 0.6 is 0 Å². The second-order valence-electron chi connectivity index (χ2n) is 2.82. The van der Waals surface area contributed by atoms with Gasteiger partial charge in [0.25, 0.3) is 0 Å². The van der Waals surface area contributed by atoms with Gasteiger partial charge in [-0.1, -0.05) is 12.2 Å². The summed E-state index contributed by atoms with van der Waals surface area (Å²) in [5.41, 5.74) is 0.665. The highest BCUT2D eigenvalue weighted by Crippen LogP contribution is 2.12. The fraction of sp³-hybridized carbons (Fsp3) is 0.333. The molecule has 6 heteroatoms. The molecule has 1 rings (SSSR count). The van der Waals surface area contributed by atoms with E-state index in [2.05, 4.69) is 4.98 Å². The second-order valence-corrected chi connectivity index (χ2v) is 5.40. The summed E-state index contributed by atoms with van der Waals surface area (Å²) >= 11 is 0. The van der Waals surface area contributed by atoms with Crippen molar-refractivity contribution in [2.24, 2.45) is 0 Å². The predicted molar refractivity (Wildman–Crippen MR) is 57.9 cm³/mol. The van der Waals surface area contributed by atoms with Gasteiger partial charge >= 0.3 is 8.97 Å². The molecule has 0 aromatic carbocycles. The van der Waals surface area contributed by atoms with Crippen molar-refractivity contribution >= 4 is 8.97 Å². The van der Waals surface area contributed by atoms with E-state index in [1.165, 1.54) is 21.3 Å². The van der Waals surface area contributed by atoms with Crippen LogP contribution in [0.1, 0.15) is 0 Å². The highest BCUT2D eigenvalue weighted by molar-refractivity contribution is 6.58. The minimum atomic E-state index is -2.97. The van der Waals surface area contributed by atoms with Gasteiger partial charge in [0.1, 0.15) is 0 Å². The van der Waals surface area contributed by atoms with E-state index in [0.29, 0.717) is 5.57 Å². The van der Waals surface area contributed by atoms with Crippen LogP contribution in [0.15, 0.2) is 35.8 Å². The van der Waals surface area contributed by atoms with Gasteiger partial charge in [-0.2, -0.15) is 0 Å². The van der Waals surface area contributed by atoms with Crippen LogP contribution in [0.25, 0.3) is 0 Å². The van der Waals surface area contributed by atoms with Gasteiger partial charge in [-0.05, 0) is 12.2 Å². The number of hydrogen-bond donors (Lipinski definition) is 2. The molecule has 2 N–H and O–H groups in total. The van der Waals surface area contributed by atoms with Gasteiger partial charge in [-0.15, -0.1) is 0 Å². The Morgan fingerprint density at radius 2 is 1.60 bits per heavy atom. The molecule has 0 spiro atoms. The molecule has 0 aromatic heterocycles. The van der Waals surface area contributed by atoms with E-state index in [0.717, 1.165) is 0 Å². The zero-order valence-corrected chi connectivity index (χ0v) is 9.98. The molecular weight excluding hydrogens is 214 g/mol. The van der Waals surface area contributed by atoms with E-state index in [4.69, 9.17) is 13.3 Å². The van der Waals surface area contributed by atoms with E-state index in [-0.39, 0.29) is 5.88 Å². The monoisotopic (exact) mass is 229 g/mol. The molecule has 0 bridgehead atoms. The summed E-state index contributed by atoms with van der Waals surface area (Å²) < 4.78 is 15.3. The highest BCUT2D eigenvalue weighted by atomic mass is 28.4. The standard InChI is InChI=1S/C9H15NO4Si/c1-12-15(13-2,14-3)10-9(11)8-6-4-5-7-8/h4-7,10-11H,1-3H3. The largest absolute Gasteiger partial charge is 0.632 e. The Bertz CT molecular complexity index is 285. The molecule has 0 fully saturated rings. The van der Waals surface area contributed by atoms with Crippen LogP contribution in [0, 0.1) is 0 Å². The van der Waals surface area contributed by atoms with Gasteiger partial charge in [0.15, 0.2) is 5.88 Å². The minimum Gasteiger partial charge on any atom is -0.495 e. The first-order valence-electron chi connectivity index (χ1n) is 4.39. The highest BCUT2D eigenvalue weighted by Gasteiger charge is 2.41. The van der Waals surface area contributed by atoms with Crippen molar-refractivity contribution in [3.63, 3.8) is 0 Å². The van der Waals surface area contributed by atoms with Crippen molar-refractivity contribution < 1.29 is 18.4 Å². The quantitative estimate of drug-likeness (QED) is 0.540. The van der Waals surface area contributed by atoms with E-state index < -0.39 is 8.97 Å². The lowest BCUT2D eigenvalue weighted by molar-refractivity contribution is 0.107. The fourth-order valence-electron chi connectivity index (χ4n) is 1.15. The maximum absolute atomic E-state index is 9.74. The van der Waals surface area contributed by atoms with E-state index >= 15 is 0 Å². The molecule has 84 valence electrons. The number of aliphatic hydroxyl groups excluding tert-OH is 1. The molecule has 0 unspecified atom stereocenters. The van der Waals surface area contributed by atoms with Gasteiger partial charge in [-0.25, -0.2) is 0 Å². The Labute approximate surface area is 90.1 Å². The molecule has 0 atom stereocenters. The Morgan fingerprint density at radius 3 is 2.00 bits per heavy atom. The third-order valence-corrected chi connectivity index (χ3v) is 4.17. The summed E-state index contributed by atoms with van der Waals surface area (Å²) in [6.45, 7) is 0. The number of hydrogen-bond acceptors (Lipinski definition) is 5. The smallest absolute Gasteiger partial charge is 0.495 e. The van der Waals surface area contributed by atoms with Crippen molar-refractivity contribution in [2.45, 2.75) is 0 Å². The lowest BCUT2D eigenvalue weighted by Gasteiger charge is -2.24. The Balaban J connectivity index is 2.79. The summed E-state index contributed by atoms with van der Waals surface area (Å²) in [6, 6.07) is 0. The number of nitrogens with one attached hydrogen (secondary N) is 1. The van der Waals surface area contributed by atoms with Crippen molar-refractivity contribution in [3.8, 4) is 0 Å². The Hall–Kier alpha value is -1.08. The summed E-state index contributed by atoms with van der Waals surface area (Å²) in [4.78, 5) is 2.73. The van der Waals surface area contributed by atoms with Crippen LogP contribution in [-0.2, 0) is 13.3 Å². The first-order chi connectivity index (χ1) is 7.17. The molecule has 5 nitrogen and oxygen atoms in total. The normalized spacial score (nSPS) is 14.7. The van der Waals surface area contributed by atoms with Crippen LogP contribution in [0.3, 0.4) is 0 Å². The van der Waals surface area contributed by atoms with Gasteiger partial charge < -0.3 is 23.4 Å². The van der Waals surface area contributed by atoms with Crippen LogP contribution in [0.4, 0.5) is 0 Å². The topological polar surface area (TPSA) is 60.0 Å². The molecule has 0 aliphatic heterocycles. The van der Waals surface area contributed by atoms with Gasteiger partial charge in [0.2, 0.25) is 0 Å². The van der Waals surface area contributed by atoms with Crippen LogP contribution in [0.2, 0.25) is 0 Å². The van der Waals surface area contributed by atoms with Gasteiger partial charge in [0, 0.05) is 26.9 Å². The molecule has 0 amide bonds. The lowest BCUT2D eigenvalue weighted by atomic mass is 10.3. The molecule has 0 aromatic rings. The van der Waals surface area contributed by atoms with Crippen molar-refractivity contribution in [1.82, 2.24) is 4.98 Å². The molecule has 0 saturated heterocycles. The summed E-state index contributed by atoms with van der Waals surface area (Å²) in [5.74, 6) is -0.0165. The molecule has 0 saturated carbocycles. The SMILES string of the molecule is CO[Si](NC(O)=C1C=CC=C1)(OC)OC. The van der Waals surface area contributed by atoms with Crippen molar-refractivity contribution in [3.05, 3.63) is 35.8 Å². The third-order valence-electron chi connectivity index (χ3n) is 2.01. The lowest BCUT2D eigenvalue weighted by Crippen LogP contribution is -2.56. The fourth-order valence-corrected chi connectivity index (χ4v) is 2.39. The maximum atomic E-state index is 9.74. The van der Waals surface area contributed by atoms with E-state index in [1.807, 2.05) is 12.2 Å². The van der Waals surface area contributed by atoms with Crippen LogP contribution in [0.5, 0.6) is 0 Å². The van der Waals surface area contributed by atoms with E-state index in [1.54, 1.807) is 12.2 Å². The second kappa shape index (κ2) is 5.13. The molecular formula is C9H15NO4Si. The Morgan fingerprint density at radius 1 is 1.13 bits per heavy atom. The molecule has 15 heavy (non-hydrogen) atoms. The predicted octanol–water partition coefficient (Wildman–Crippen LogP) is 0.846. The number of rotatable bonds is 5. The number of allylic oxidation sites excluding steroid dienone is 5. The number of aliphatic hydroxyl groups is 1. The zero-order chi connectivity index (χ0) is 11.3. The molecule has 0 radical (unpaired) electrons. The average molecular weight is 229 g/mol. The summed E-state index contributed by atoms with van der Waals surface area (Å²) in [5, 5.41) is 9.74. The van der Waals surface area contributed by atoms with Gasteiger partial charge in [0.05, 0.1) is 0 Å². The Kier molecular flexibility index (Phi) is 4.10. The average Bonchev–Trinajstić information content (AvgIpc) is 2.79. The van der Waals surface area contributed by atoms with Crippen LogP contribution in [-0.4, -0.2) is 35.4 Å². The molecule has 0 heterocycles. The molecule has 1 aliphatic carbocycles. The van der Waals surface area contributed by atoms with Crippen molar-refractivity contribution in [2.75, 3.05) is 21.3 Å². The van der Waals surface area contributed by atoms with Crippen molar-refractivity contribution in [1.29, 1.82) is 0 Å².